The molecule has 1 N–H and O–H groups in total. The van der Waals surface area contributed by atoms with Crippen molar-refractivity contribution in [3.63, 3.8) is 0 Å². The van der Waals surface area contributed by atoms with E-state index in [2.05, 4.69) is 34.3 Å². The fourth-order valence-corrected chi connectivity index (χ4v) is 2.79. The van der Waals surface area contributed by atoms with Crippen molar-refractivity contribution in [2.45, 2.75) is 32.7 Å². The average molecular weight is 310 g/mol. The van der Waals surface area contributed by atoms with Crippen LogP contribution in [0.2, 0.25) is 0 Å². The standard InChI is InChI=1S/C18H22N4O/c1-14-7-3-4-8-15(14)11-19-18-20-12-16(13-21-18)17(23)22-9-5-2-6-10-22/h3-4,7-8,12-13H,2,5-6,9-11H2,1H3,(H,19,20,21). The molecule has 1 aliphatic rings. The van der Waals surface area contributed by atoms with E-state index < -0.39 is 0 Å². The van der Waals surface area contributed by atoms with Crippen molar-refractivity contribution in [2.75, 3.05) is 18.4 Å². The highest BCUT2D eigenvalue weighted by molar-refractivity contribution is 5.93. The summed E-state index contributed by atoms with van der Waals surface area (Å²) in [6, 6.07) is 8.20. The Morgan fingerprint density at radius 1 is 1.13 bits per heavy atom. The molecule has 5 nitrogen and oxygen atoms in total. The molecule has 5 heteroatoms. The lowest BCUT2D eigenvalue weighted by Crippen LogP contribution is -2.35. The van der Waals surface area contributed by atoms with E-state index in [0.29, 0.717) is 18.1 Å². The Bertz CT molecular complexity index is 663. The van der Waals surface area contributed by atoms with Crippen molar-refractivity contribution in [2.24, 2.45) is 0 Å². The van der Waals surface area contributed by atoms with Crippen LogP contribution in [-0.2, 0) is 6.54 Å². The van der Waals surface area contributed by atoms with Gasteiger partial charge in [-0.25, -0.2) is 9.97 Å². The van der Waals surface area contributed by atoms with Gasteiger partial charge in [-0.2, -0.15) is 0 Å². The summed E-state index contributed by atoms with van der Waals surface area (Å²) in [5, 5.41) is 3.20. The van der Waals surface area contributed by atoms with Crippen LogP contribution in [0.4, 0.5) is 5.95 Å². The Balaban J connectivity index is 1.60. The number of hydrogen-bond acceptors (Lipinski definition) is 4. The predicted molar refractivity (Wildman–Crippen MR) is 90.3 cm³/mol. The van der Waals surface area contributed by atoms with Gasteiger partial charge in [-0.1, -0.05) is 24.3 Å². The third-order valence-electron chi connectivity index (χ3n) is 4.24. The van der Waals surface area contributed by atoms with Crippen molar-refractivity contribution < 1.29 is 4.79 Å². The molecule has 1 fully saturated rings. The molecule has 1 aromatic carbocycles. The summed E-state index contributed by atoms with van der Waals surface area (Å²) in [5.74, 6) is 0.582. The second-order valence-electron chi connectivity index (χ2n) is 5.93. The zero-order valence-electron chi connectivity index (χ0n) is 13.5. The number of piperidine rings is 1. The lowest BCUT2D eigenvalue weighted by Gasteiger charge is -2.26. The number of carbonyl (C=O) groups excluding carboxylic acids is 1. The van der Waals surface area contributed by atoms with E-state index in [0.717, 1.165) is 25.9 Å². The number of anilines is 1. The van der Waals surface area contributed by atoms with Gasteiger partial charge >= 0.3 is 0 Å². The number of nitrogens with one attached hydrogen (secondary N) is 1. The van der Waals surface area contributed by atoms with Crippen LogP contribution >= 0.6 is 0 Å². The second-order valence-corrected chi connectivity index (χ2v) is 5.93. The number of benzene rings is 1. The summed E-state index contributed by atoms with van der Waals surface area (Å²) in [6.07, 6.45) is 6.61. The number of aromatic nitrogens is 2. The molecule has 0 bridgehead atoms. The van der Waals surface area contributed by atoms with Crippen LogP contribution < -0.4 is 5.32 Å². The lowest BCUT2D eigenvalue weighted by molar-refractivity contribution is 0.0723. The fourth-order valence-electron chi connectivity index (χ4n) is 2.79. The normalized spacial score (nSPS) is 14.6. The third-order valence-corrected chi connectivity index (χ3v) is 4.24. The third kappa shape index (κ3) is 3.86. The van der Waals surface area contributed by atoms with Gasteiger partial charge in [0.1, 0.15) is 0 Å². The minimum atomic E-state index is 0.0372. The second kappa shape index (κ2) is 7.22. The predicted octanol–water partition coefficient (Wildman–Crippen LogP) is 3.02. The summed E-state index contributed by atoms with van der Waals surface area (Å²) in [4.78, 5) is 22.8. The first-order chi connectivity index (χ1) is 11.2. The molecule has 120 valence electrons. The molecule has 0 unspecified atom stereocenters. The van der Waals surface area contributed by atoms with Crippen molar-refractivity contribution in [1.82, 2.24) is 14.9 Å². The van der Waals surface area contributed by atoms with Crippen molar-refractivity contribution in [3.05, 3.63) is 53.3 Å². The molecule has 0 spiro atoms. The monoisotopic (exact) mass is 310 g/mol. The number of rotatable bonds is 4. The number of amides is 1. The molecule has 1 aromatic heterocycles. The molecule has 0 atom stereocenters. The Hall–Kier alpha value is -2.43. The SMILES string of the molecule is Cc1ccccc1CNc1ncc(C(=O)N2CCCCC2)cn1. The van der Waals surface area contributed by atoms with Crippen LogP contribution in [0.5, 0.6) is 0 Å². The minimum Gasteiger partial charge on any atom is -0.350 e. The maximum atomic E-state index is 12.4. The zero-order chi connectivity index (χ0) is 16.1. The van der Waals surface area contributed by atoms with Gasteiger partial charge in [-0.15, -0.1) is 0 Å². The maximum Gasteiger partial charge on any atom is 0.256 e. The molecule has 0 saturated carbocycles. The Kier molecular flexibility index (Phi) is 4.86. The van der Waals surface area contributed by atoms with Gasteiger partial charge in [0.15, 0.2) is 0 Å². The van der Waals surface area contributed by atoms with Gasteiger partial charge in [0.05, 0.1) is 5.56 Å². The molecule has 23 heavy (non-hydrogen) atoms. The van der Waals surface area contributed by atoms with E-state index in [4.69, 9.17) is 0 Å². The van der Waals surface area contributed by atoms with Crippen LogP contribution in [0.1, 0.15) is 40.7 Å². The van der Waals surface area contributed by atoms with Crippen molar-refractivity contribution in [1.29, 1.82) is 0 Å². The average Bonchev–Trinajstić information content (AvgIpc) is 2.62. The van der Waals surface area contributed by atoms with E-state index in [-0.39, 0.29) is 5.91 Å². The number of likely N-dealkylation sites (tertiary alicyclic amines) is 1. The number of nitrogens with zero attached hydrogens (tertiary/aromatic N) is 3. The zero-order valence-corrected chi connectivity index (χ0v) is 13.5. The summed E-state index contributed by atoms with van der Waals surface area (Å²) >= 11 is 0. The van der Waals surface area contributed by atoms with Crippen molar-refractivity contribution in [3.8, 4) is 0 Å². The molecule has 2 aromatic rings. The number of hydrogen-bond donors (Lipinski definition) is 1. The van der Waals surface area contributed by atoms with Crippen LogP contribution in [0, 0.1) is 6.92 Å². The van der Waals surface area contributed by atoms with Gasteiger partial charge in [0.25, 0.3) is 5.91 Å². The molecule has 1 aliphatic heterocycles. The molecule has 3 rings (SSSR count). The van der Waals surface area contributed by atoms with Gasteiger partial charge in [-0.05, 0) is 37.3 Å². The van der Waals surface area contributed by atoms with E-state index in [1.165, 1.54) is 17.5 Å². The van der Waals surface area contributed by atoms with Crippen LogP contribution in [0.25, 0.3) is 0 Å². The van der Waals surface area contributed by atoms with E-state index >= 15 is 0 Å². The molecule has 0 aliphatic carbocycles. The Morgan fingerprint density at radius 2 is 1.83 bits per heavy atom. The number of carbonyl (C=O) groups is 1. The minimum absolute atomic E-state index is 0.0372. The summed E-state index contributed by atoms with van der Waals surface area (Å²) < 4.78 is 0. The summed E-state index contributed by atoms with van der Waals surface area (Å²) in [7, 11) is 0. The highest BCUT2D eigenvalue weighted by atomic mass is 16.2. The van der Waals surface area contributed by atoms with Crippen LogP contribution in [-0.4, -0.2) is 33.9 Å². The first-order valence-corrected chi connectivity index (χ1v) is 8.14. The maximum absolute atomic E-state index is 12.4. The van der Waals surface area contributed by atoms with Gasteiger partial charge in [0.2, 0.25) is 5.95 Å². The van der Waals surface area contributed by atoms with Crippen LogP contribution in [0.15, 0.2) is 36.7 Å². The molecular weight excluding hydrogens is 288 g/mol. The molecule has 2 heterocycles. The van der Waals surface area contributed by atoms with Gasteiger partial charge < -0.3 is 10.2 Å². The summed E-state index contributed by atoms with van der Waals surface area (Å²) in [6.45, 7) is 4.43. The smallest absolute Gasteiger partial charge is 0.256 e. The molecular formula is C18H22N4O. The Labute approximate surface area is 136 Å². The fraction of sp³-hybridized carbons (Fsp3) is 0.389. The quantitative estimate of drug-likeness (QED) is 0.943. The van der Waals surface area contributed by atoms with Gasteiger partial charge in [-0.3, -0.25) is 4.79 Å². The molecule has 0 radical (unpaired) electrons. The highest BCUT2D eigenvalue weighted by Crippen LogP contribution is 2.13. The topological polar surface area (TPSA) is 58.1 Å². The summed E-state index contributed by atoms with van der Waals surface area (Å²) in [5.41, 5.74) is 3.01. The number of aryl methyl sites for hydroxylation is 1. The Morgan fingerprint density at radius 3 is 2.52 bits per heavy atom. The van der Waals surface area contributed by atoms with E-state index in [1.807, 2.05) is 17.0 Å². The highest BCUT2D eigenvalue weighted by Gasteiger charge is 2.18. The van der Waals surface area contributed by atoms with Crippen LogP contribution in [0.3, 0.4) is 0 Å². The first-order valence-electron chi connectivity index (χ1n) is 8.14. The van der Waals surface area contributed by atoms with Gasteiger partial charge in [0, 0.05) is 32.0 Å². The largest absolute Gasteiger partial charge is 0.350 e. The molecule has 1 amide bonds. The first kappa shape index (κ1) is 15.5. The van der Waals surface area contributed by atoms with E-state index in [9.17, 15) is 4.79 Å². The van der Waals surface area contributed by atoms with Crippen molar-refractivity contribution >= 4 is 11.9 Å². The lowest BCUT2D eigenvalue weighted by atomic mass is 10.1. The van der Waals surface area contributed by atoms with E-state index in [1.54, 1.807) is 12.4 Å². The molecule has 1 saturated heterocycles.